The molecule has 3 atom stereocenters. The first-order valence-corrected chi connectivity index (χ1v) is 11.4. The lowest BCUT2D eigenvalue weighted by Crippen LogP contribution is -2.72. The zero-order valence-electron chi connectivity index (χ0n) is 16.3. The molecule has 2 aliphatic rings. The molecule has 160 valence electrons. The second kappa shape index (κ2) is 9.11. The number of amides is 1. The molecule has 1 aromatic carbocycles. The zero-order valence-corrected chi connectivity index (χ0v) is 18.7. The van der Waals surface area contributed by atoms with Crippen molar-refractivity contribution in [2.75, 3.05) is 19.8 Å². The first-order chi connectivity index (χ1) is 14.4. The molecule has 4 rings (SSSR count). The lowest BCUT2D eigenvalue weighted by molar-refractivity contribution is -0.178. The lowest BCUT2D eigenvalue weighted by Gasteiger charge is -2.48. The third kappa shape index (κ3) is 4.73. The molecule has 3 heterocycles. The molecule has 2 bridgehead atoms. The van der Waals surface area contributed by atoms with E-state index in [1.165, 1.54) is 16.3 Å². The number of carbonyl (C=O) groups is 2. The standard InChI is InChI=1S/C20H23BrN4O4S/c21-16-11-30-17(23-16)6-15(22)18(26)25-8-14-7-20(24-25,12-28-9-14)19(27)29-10-13-4-2-1-3-5-13/h1-5,11,14-15,24H,6-10,12,22H2/t14-,15+,20-/m1/s1. The van der Waals surface area contributed by atoms with Crippen LogP contribution in [0.1, 0.15) is 17.0 Å². The summed E-state index contributed by atoms with van der Waals surface area (Å²) in [5.41, 5.74) is 9.06. The molecule has 2 aromatic rings. The summed E-state index contributed by atoms with van der Waals surface area (Å²) in [6.45, 7) is 1.24. The molecule has 3 N–H and O–H groups in total. The molecule has 2 saturated heterocycles. The Morgan fingerprint density at radius 1 is 1.43 bits per heavy atom. The van der Waals surface area contributed by atoms with E-state index in [1.54, 1.807) is 0 Å². The van der Waals surface area contributed by atoms with Gasteiger partial charge in [0.15, 0.2) is 5.54 Å². The number of hydrazine groups is 1. The number of carbonyl (C=O) groups excluding carboxylic acids is 2. The van der Waals surface area contributed by atoms with Gasteiger partial charge < -0.3 is 15.2 Å². The quantitative estimate of drug-likeness (QED) is 0.587. The summed E-state index contributed by atoms with van der Waals surface area (Å²) >= 11 is 4.75. The second-order valence-electron chi connectivity index (χ2n) is 7.66. The maximum absolute atomic E-state index is 13.0. The number of nitrogens with zero attached hydrogens (tertiary/aromatic N) is 2. The molecule has 2 aliphatic heterocycles. The van der Waals surface area contributed by atoms with Crippen LogP contribution in [-0.2, 0) is 32.1 Å². The van der Waals surface area contributed by atoms with Crippen LogP contribution in [0.2, 0.25) is 0 Å². The number of hydrogen-bond acceptors (Lipinski definition) is 8. The highest BCUT2D eigenvalue weighted by Crippen LogP contribution is 2.31. The van der Waals surface area contributed by atoms with Gasteiger partial charge in [-0.15, -0.1) is 11.3 Å². The van der Waals surface area contributed by atoms with Crippen molar-refractivity contribution in [3.63, 3.8) is 0 Å². The van der Waals surface area contributed by atoms with Gasteiger partial charge in [0.05, 0.1) is 24.3 Å². The Bertz CT molecular complexity index is 911. The van der Waals surface area contributed by atoms with Crippen LogP contribution in [0.3, 0.4) is 0 Å². The maximum Gasteiger partial charge on any atom is 0.330 e. The molecule has 0 spiro atoms. The van der Waals surface area contributed by atoms with Crippen molar-refractivity contribution in [1.29, 1.82) is 0 Å². The molecule has 10 heteroatoms. The fourth-order valence-corrected chi connectivity index (χ4v) is 5.14. The third-order valence-corrected chi connectivity index (χ3v) is 6.81. The fraction of sp³-hybridized carbons (Fsp3) is 0.450. The van der Waals surface area contributed by atoms with Crippen molar-refractivity contribution in [3.05, 3.63) is 50.9 Å². The first-order valence-electron chi connectivity index (χ1n) is 9.69. The van der Waals surface area contributed by atoms with Gasteiger partial charge >= 0.3 is 5.97 Å². The minimum Gasteiger partial charge on any atom is -0.459 e. The van der Waals surface area contributed by atoms with E-state index in [0.717, 1.165) is 15.2 Å². The largest absolute Gasteiger partial charge is 0.459 e. The summed E-state index contributed by atoms with van der Waals surface area (Å²) in [6, 6.07) is 8.72. The van der Waals surface area contributed by atoms with Crippen molar-refractivity contribution in [1.82, 2.24) is 15.4 Å². The van der Waals surface area contributed by atoms with Crippen LogP contribution in [0, 0.1) is 5.92 Å². The number of ether oxygens (including phenoxy) is 2. The Morgan fingerprint density at radius 3 is 2.97 bits per heavy atom. The van der Waals surface area contributed by atoms with E-state index in [9.17, 15) is 9.59 Å². The SMILES string of the molecule is N[C@@H](Cc1nc(Br)cs1)C(=O)N1C[C@@H]2COC[C@@](C(=O)OCc3ccccc3)(C2)N1. The second-order valence-corrected chi connectivity index (χ2v) is 9.42. The summed E-state index contributed by atoms with van der Waals surface area (Å²) < 4.78 is 11.9. The van der Waals surface area contributed by atoms with E-state index in [2.05, 4.69) is 26.3 Å². The number of hydrogen-bond donors (Lipinski definition) is 2. The number of esters is 1. The van der Waals surface area contributed by atoms with E-state index in [1.807, 2.05) is 35.7 Å². The molecule has 2 fully saturated rings. The number of nitrogens with one attached hydrogen (secondary N) is 1. The van der Waals surface area contributed by atoms with Gasteiger partial charge in [0.1, 0.15) is 11.2 Å². The smallest absolute Gasteiger partial charge is 0.330 e. The maximum atomic E-state index is 13.0. The van der Waals surface area contributed by atoms with Crippen molar-refractivity contribution < 1.29 is 19.1 Å². The van der Waals surface area contributed by atoms with E-state index in [4.69, 9.17) is 15.2 Å². The van der Waals surface area contributed by atoms with E-state index in [-0.39, 0.29) is 25.0 Å². The summed E-state index contributed by atoms with van der Waals surface area (Å²) in [6.07, 6.45) is 0.888. The predicted molar refractivity (Wildman–Crippen MR) is 114 cm³/mol. The van der Waals surface area contributed by atoms with Crippen molar-refractivity contribution in [2.24, 2.45) is 11.7 Å². The van der Waals surface area contributed by atoms with Gasteiger partial charge in [-0.1, -0.05) is 30.3 Å². The Labute approximate surface area is 186 Å². The molecule has 0 unspecified atom stereocenters. The number of fused-ring (bicyclic) bond motifs is 2. The van der Waals surface area contributed by atoms with Crippen molar-refractivity contribution >= 4 is 39.1 Å². The molecule has 1 aromatic heterocycles. The average molecular weight is 495 g/mol. The highest BCUT2D eigenvalue weighted by Gasteiger charge is 2.51. The first kappa shape index (κ1) is 21.4. The monoisotopic (exact) mass is 494 g/mol. The van der Waals surface area contributed by atoms with E-state index < -0.39 is 17.6 Å². The highest BCUT2D eigenvalue weighted by molar-refractivity contribution is 9.10. The van der Waals surface area contributed by atoms with Gasteiger partial charge in [-0.25, -0.2) is 15.2 Å². The summed E-state index contributed by atoms with van der Waals surface area (Å²) in [7, 11) is 0. The van der Waals surface area contributed by atoms with Crippen LogP contribution in [-0.4, -0.2) is 53.2 Å². The van der Waals surface area contributed by atoms with Gasteiger partial charge in [-0.3, -0.25) is 9.80 Å². The third-order valence-electron chi connectivity index (χ3n) is 5.23. The molecule has 30 heavy (non-hydrogen) atoms. The average Bonchev–Trinajstić information content (AvgIpc) is 3.16. The van der Waals surface area contributed by atoms with Crippen LogP contribution >= 0.6 is 27.3 Å². The summed E-state index contributed by atoms with van der Waals surface area (Å²) in [5.74, 6) is -0.659. The number of halogens is 1. The van der Waals surface area contributed by atoms with Crippen LogP contribution in [0.4, 0.5) is 0 Å². The normalized spacial score (nSPS) is 24.3. The molecule has 1 amide bonds. The predicted octanol–water partition coefficient (Wildman–Crippen LogP) is 1.64. The number of nitrogens with two attached hydrogens (primary N) is 1. The van der Waals surface area contributed by atoms with Crippen LogP contribution in [0.25, 0.3) is 0 Å². The number of rotatable bonds is 6. The molecular weight excluding hydrogens is 472 g/mol. The van der Waals surface area contributed by atoms with Crippen molar-refractivity contribution in [3.8, 4) is 0 Å². The molecule has 0 radical (unpaired) electrons. The van der Waals surface area contributed by atoms with Crippen LogP contribution in [0.15, 0.2) is 40.3 Å². The van der Waals surface area contributed by atoms with E-state index >= 15 is 0 Å². The van der Waals surface area contributed by atoms with Crippen LogP contribution < -0.4 is 11.2 Å². The minimum absolute atomic E-state index is 0.0365. The van der Waals surface area contributed by atoms with Gasteiger partial charge in [0, 0.05) is 24.3 Å². The fourth-order valence-electron chi connectivity index (χ4n) is 3.82. The minimum atomic E-state index is -1.09. The number of benzene rings is 1. The Kier molecular flexibility index (Phi) is 6.49. The molecule has 8 nitrogen and oxygen atoms in total. The number of aromatic nitrogens is 1. The molecular formula is C20H23BrN4O4S. The van der Waals surface area contributed by atoms with Crippen LogP contribution in [0.5, 0.6) is 0 Å². The Morgan fingerprint density at radius 2 is 2.23 bits per heavy atom. The molecule has 0 saturated carbocycles. The molecule has 0 aliphatic carbocycles. The highest BCUT2D eigenvalue weighted by atomic mass is 79.9. The van der Waals surface area contributed by atoms with Gasteiger partial charge in [-0.05, 0) is 27.9 Å². The van der Waals surface area contributed by atoms with E-state index in [0.29, 0.717) is 26.0 Å². The topological polar surface area (TPSA) is 107 Å². The number of thiazole rings is 1. The van der Waals surface area contributed by atoms with Crippen molar-refractivity contribution in [2.45, 2.75) is 31.0 Å². The van der Waals surface area contributed by atoms with Gasteiger partial charge in [-0.2, -0.15) is 0 Å². The Balaban J connectivity index is 1.43. The summed E-state index contributed by atoms with van der Waals surface area (Å²) in [4.78, 5) is 30.3. The van der Waals surface area contributed by atoms with Gasteiger partial charge in [0.25, 0.3) is 5.91 Å². The zero-order chi connectivity index (χ0) is 21.1. The summed E-state index contributed by atoms with van der Waals surface area (Å²) in [5, 5.41) is 4.10. The van der Waals surface area contributed by atoms with Gasteiger partial charge in [0.2, 0.25) is 0 Å². The lowest BCUT2D eigenvalue weighted by atomic mass is 9.84. The Hall–Kier alpha value is -1.85.